The Balaban J connectivity index is 2.02. The molecule has 0 aromatic heterocycles. The molecule has 1 aromatic carbocycles. The van der Waals surface area contributed by atoms with E-state index in [4.69, 9.17) is 4.74 Å². The number of hydrogen-bond acceptors (Lipinski definition) is 2. The van der Waals surface area contributed by atoms with E-state index in [0.29, 0.717) is 18.2 Å². The molecule has 0 spiro atoms. The Morgan fingerprint density at radius 3 is 2.65 bits per heavy atom. The van der Waals surface area contributed by atoms with Crippen LogP contribution in [0, 0.1) is 19.3 Å². The average Bonchev–Trinajstić information content (AvgIpc) is 2.40. The first kappa shape index (κ1) is 15.5. The Morgan fingerprint density at radius 1 is 1.35 bits per heavy atom. The van der Waals surface area contributed by atoms with E-state index < -0.39 is 0 Å². The lowest BCUT2D eigenvalue weighted by Crippen LogP contribution is -2.61. The van der Waals surface area contributed by atoms with Crippen LogP contribution in [0.4, 0.5) is 0 Å². The minimum Gasteiger partial charge on any atom is -0.378 e. The summed E-state index contributed by atoms with van der Waals surface area (Å²) in [5.74, 6) is 0. The minimum absolute atomic E-state index is 0.224. The summed E-state index contributed by atoms with van der Waals surface area (Å²) in [4.78, 5) is 0. The molecule has 0 heterocycles. The van der Waals surface area contributed by atoms with Crippen molar-refractivity contribution in [1.29, 1.82) is 0 Å². The van der Waals surface area contributed by atoms with Crippen molar-refractivity contribution in [3.8, 4) is 0 Å². The summed E-state index contributed by atoms with van der Waals surface area (Å²) in [5, 5.41) is 3.80. The molecule has 1 aliphatic rings. The van der Waals surface area contributed by atoms with Gasteiger partial charge in [0.25, 0.3) is 0 Å². The van der Waals surface area contributed by atoms with Gasteiger partial charge in [-0.1, -0.05) is 37.6 Å². The van der Waals surface area contributed by atoms with Gasteiger partial charge in [0.2, 0.25) is 0 Å². The van der Waals surface area contributed by atoms with E-state index in [1.807, 2.05) is 0 Å². The molecule has 1 saturated carbocycles. The van der Waals surface area contributed by atoms with Gasteiger partial charge in [-0.3, -0.25) is 0 Å². The minimum atomic E-state index is 0.224. The number of rotatable bonds is 5. The van der Waals surface area contributed by atoms with Crippen molar-refractivity contribution in [3.63, 3.8) is 0 Å². The SMILES string of the molecule is CCOC1CC(NC(C)c2cc(C)ccc2C)C1(C)C. The van der Waals surface area contributed by atoms with Gasteiger partial charge in [-0.15, -0.1) is 0 Å². The second-order valence-electron chi connectivity index (χ2n) is 6.80. The van der Waals surface area contributed by atoms with Crippen LogP contribution in [0.15, 0.2) is 18.2 Å². The van der Waals surface area contributed by atoms with E-state index in [-0.39, 0.29) is 5.41 Å². The fourth-order valence-corrected chi connectivity index (χ4v) is 3.27. The predicted octanol–water partition coefficient (Wildman–Crippen LogP) is 4.16. The lowest BCUT2D eigenvalue weighted by molar-refractivity contribution is -0.116. The molecule has 20 heavy (non-hydrogen) atoms. The van der Waals surface area contributed by atoms with Gasteiger partial charge in [-0.25, -0.2) is 0 Å². The number of benzene rings is 1. The molecule has 112 valence electrons. The smallest absolute Gasteiger partial charge is 0.0655 e. The van der Waals surface area contributed by atoms with Crippen molar-refractivity contribution in [2.45, 2.75) is 66.2 Å². The average molecular weight is 275 g/mol. The highest BCUT2D eigenvalue weighted by Crippen LogP contribution is 2.43. The van der Waals surface area contributed by atoms with Gasteiger partial charge in [-0.2, -0.15) is 0 Å². The van der Waals surface area contributed by atoms with Gasteiger partial charge in [0.1, 0.15) is 0 Å². The highest BCUT2D eigenvalue weighted by molar-refractivity contribution is 5.33. The van der Waals surface area contributed by atoms with Crippen molar-refractivity contribution in [3.05, 3.63) is 34.9 Å². The summed E-state index contributed by atoms with van der Waals surface area (Å²) >= 11 is 0. The Labute approximate surface area is 123 Å². The first-order chi connectivity index (χ1) is 9.36. The van der Waals surface area contributed by atoms with E-state index in [0.717, 1.165) is 13.0 Å². The summed E-state index contributed by atoms with van der Waals surface area (Å²) < 4.78 is 5.81. The lowest BCUT2D eigenvalue weighted by atomic mass is 9.64. The van der Waals surface area contributed by atoms with Crippen LogP contribution in [0.5, 0.6) is 0 Å². The molecular weight excluding hydrogens is 246 g/mol. The van der Waals surface area contributed by atoms with E-state index in [1.165, 1.54) is 16.7 Å². The van der Waals surface area contributed by atoms with Crippen molar-refractivity contribution in [2.24, 2.45) is 5.41 Å². The Hall–Kier alpha value is -0.860. The van der Waals surface area contributed by atoms with E-state index >= 15 is 0 Å². The standard InChI is InChI=1S/C18H29NO/c1-7-20-17-11-16(18(17,5)6)19-14(4)15-10-12(2)8-9-13(15)3/h8-10,14,16-17,19H,7,11H2,1-6H3. The predicted molar refractivity (Wildman–Crippen MR) is 85.1 cm³/mol. The molecule has 0 amide bonds. The molecule has 2 heteroatoms. The molecule has 1 aliphatic carbocycles. The summed E-state index contributed by atoms with van der Waals surface area (Å²) in [6.07, 6.45) is 1.52. The van der Waals surface area contributed by atoms with Gasteiger partial charge >= 0.3 is 0 Å². The Kier molecular flexibility index (Phi) is 4.55. The first-order valence-corrected chi connectivity index (χ1v) is 7.81. The van der Waals surface area contributed by atoms with E-state index in [1.54, 1.807) is 0 Å². The normalized spacial score (nSPS) is 26.1. The molecular formula is C18H29NO. The molecule has 2 nitrogen and oxygen atoms in total. The largest absolute Gasteiger partial charge is 0.378 e. The molecule has 0 bridgehead atoms. The van der Waals surface area contributed by atoms with E-state index in [2.05, 4.69) is 65.1 Å². The van der Waals surface area contributed by atoms with Crippen molar-refractivity contribution in [2.75, 3.05) is 6.61 Å². The van der Waals surface area contributed by atoms with Crippen molar-refractivity contribution >= 4 is 0 Å². The number of nitrogens with one attached hydrogen (secondary N) is 1. The van der Waals surface area contributed by atoms with Gasteiger partial charge in [0.15, 0.2) is 0 Å². The molecule has 0 radical (unpaired) electrons. The van der Waals surface area contributed by atoms with Crippen LogP contribution >= 0.6 is 0 Å². The quantitative estimate of drug-likeness (QED) is 0.871. The second kappa shape index (κ2) is 5.87. The highest BCUT2D eigenvalue weighted by Gasteiger charge is 2.49. The second-order valence-corrected chi connectivity index (χ2v) is 6.80. The monoisotopic (exact) mass is 275 g/mol. The fraction of sp³-hybridized carbons (Fsp3) is 0.667. The summed E-state index contributed by atoms with van der Waals surface area (Å²) in [5.41, 5.74) is 4.34. The molecule has 2 rings (SSSR count). The number of aryl methyl sites for hydroxylation is 2. The zero-order valence-corrected chi connectivity index (χ0v) is 13.8. The van der Waals surface area contributed by atoms with Crippen LogP contribution in [-0.2, 0) is 4.74 Å². The van der Waals surface area contributed by atoms with Crippen LogP contribution < -0.4 is 5.32 Å². The van der Waals surface area contributed by atoms with Gasteiger partial charge < -0.3 is 10.1 Å². The molecule has 0 aliphatic heterocycles. The maximum absolute atomic E-state index is 5.81. The third-order valence-electron chi connectivity index (χ3n) is 4.90. The van der Waals surface area contributed by atoms with Crippen LogP contribution in [0.2, 0.25) is 0 Å². The van der Waals surface area contributed by atoms with Crippen LogP contribution in [0.25, 0.3) is 0 Å². The highest BCUT2D eigenvalue weighted by atomic mass is 16.5. The third-order valence-corrected chi connectivity index (χ3v) is 4.90. The maximum Gasteiger partial charge on any atom is 0.0655 e. The third kappa shape index (κ3) is 2.91. The molecule has 0 saturated heterocycles. The van der Waals surface area contributed by atoms with Crippen molar-refractivity contribution < 1.29 is 4.74 Å². The van der Waals surface area contributed by atoms with Gasteiger partial charge in [-0.05, 0) is 45.2 Å². The van der Waals surface area contributed by atoms with Gasteiger partial charge in [0.05, 0.1) is 6.10 Å². The lowest BCUT2D eigenvalue weighted by Gasteiger charge is -2.52. The van der Waals surface area contributed by atoms with E-state index in [9.17, 15) is 0 Å². The van der Waals surface area contributed by atoms with Crippen LogP contribution in [-0.4, -0.2) is 18.8 Å². The van der Waals surface area contributed by atoms with Crippen molar-refractivity contribution in [1.82, 2.24) is 5.32 Å². The summed E-state index contributed by atoms with van der Waals surface area (Å²) in [7, 11) is 0. The Morgan fingerprint density at radius 2 is 2.05 bits per heavy atom. The molecule has 1 fully saturated rings. The fourth-order valence-electron chi connectivity index (χ4n) is 3.27. The first-order valence-electron chi connectivity index (χ1n) is 7.81. The van der Waals surface area contributed by atoms with Crippen LogP contribution in [0.1, 0.15) is 56.8 Å². The zero-order chi connectivity index (χ0) is 14.9. The van der Waals surface area contributed by atoms with Crippen LogP contribution in [0.3, 0.4) is 0 Å². The number of hydrogen-bond donors (Lipinski definition) is 1. The zero-order valence-electron chi connectivity index (χ0n) is 13.8. The molecule has 3 unspecified atom stereocenters. The summed E-state index contributed by atoms with van der Waals surface area (Å²) in [6, 6.07) is 7.64. The summed E-state index contributed by atoms with van der Waals surface area (Å²) in [6.45, 7) is 14.1. The molecule has 3 atom stereocenters. The topological polar surface area (TPSA) is 21.3 Å². The molecule has 1 N–H and O–H groups in total. The Bertz CT molecular complexity index is 466. The number of ether oxygens (including phenoxy) is 1. The maximum atomic E-state index is 5.81. The van der Waals surface area contributed by atoms with Gasteiger partial charge in [0, 0.05) is 24.1 Å². The molecule has 1 aromatic rings.